The largest absolute Gasteiger partial charge is 0.506 e. The van der Waals surface area contributed by atoms with Crippen molar-refractivity contribution in [2.24, 2.45) is 11.8 Å². The van der Waals surface area contributed by atoms with Gasteiger partial charge >= 0.3 is 0 Å². The van der Waals surface area contributed by atoms with E-state index in [1.54, 1.807) is 17.8 Å². The number of likely N-dealkylation sites (tertiary alicyclic amines) is 1. The van der Waals surface area contributed by atoms with Crippen LogP contribution in [0.25, 0.3) is 0 Å². The molecular weight excluding hydrogens is 368 g/mol. The first-order valence-corrected chi connectivity index (χ1v) is 10.3. The van der Waals surface area contributed by atoms with E-state index in [9.17, 15) is 10.2 Å². The van der Waals surface area contributed by atoms with Crippen molar-refractivity contribution in [3.63, 3.8) is 0 Å². The van der Waals surface area contributed by atoms with Crippen molar-refractivity contribution in [1.29, 1.82) is 0 Å². The Kier molecular flexibility index (Phi) is 5.15. The van der Waals surface area contributed by atoms with E-state index >= 15 is 0 Å². The Labute approximate surface area is 163 Å². The summed E-state index contributed by atoms with van der Waals surface area (Å²) in [6.45, 7) is 2.06. The van der Waals surface area contributed by atoms with E-state index in [0.29, 0.717) is 18.3 Å². The molecule has 2 N–H and O–H groups in total. The fourth-order valence-electron chi connectivity index (χ4n) is 4.42. The van der Waals surface area contributed by atoms with Gasteiger partial charge in [0, 0.05) is 24.5 Å². The molecule has 0 spiro atoms. The molecule has 2 aliphatic rings. The highest BCUT2D eigenvalue weighted by molar-refractivity contribution is 7.99. The summed E-state index contributed by atoms with van der Waals surface area (Å²) in [6, 6.07) is 11.3. The van der Waals surface area contributed by atoms with Crippen LogP contribution in [0.15, 0.2) is 47.6 Å². The summed E-state index contributed by atoms with van der Waals surface area (Å²) in [7, 11) is 0. The van der Waals surface area contributed by atoms with Gasteiger partial charge in [0.2, 0.25) is 0 Å². The Morgan fingerprint density at radius 1 is 1.15 bits per heavy atom. The van der Waals surface area contributed by atoms with Gasteiger partial charge in [-0.25, -0.2) is 4.98 Å². The van der Waals surface area contributed by atoms with E-state index in [1.165, 1.54) is 6.20 Å². The molecule has 1 aromatic heterocycles. The number of rotatable bonds is 5. The molecule has 138 valence electrons. The van der Waals surface area contributed by atoms with Crippen molar-refractivity contribution >= 4 is 23.4 Å². The smallest absolute Gasteiger partial charge is 0.133 e. The van der Waals surface area contributed by atoms with E-state index in [0.717, 1.165) is 47.4 Å². The third-order valence-electron chi connectivity index (χ3n) is 5.53. The van der Waals surface area contributed by atoms with E-state index in [4.69, 9.17) is 11.6 Å². The van der Waals surface area contributed by atoms with Crippen LogP contribution in [-0.4, -0.2) is 44.7 Å². The van der Waals surface area contributed by atoms with Gasteiger partial charge in [0.15, 0.2) is 0 Å². The highest BCUT2D eigenvalue weighted by Gasteiger charge is 2.48. The van der Waals surface area contributed by atoms with Crippen LogP contribution in [-0.2, 0) is 6.42 Å². The predicted octanol–water partition coefficient (Wildman–Crippen LogP) is 3.81. The first-order chi connectivity index (χ1) is 12.5. The van der Waals surface area contributed by atoms with E-state index in [1.807, 2.05) is 30.3 Å². The second-order valence-electron chi connectivity index (χ2n) is 7.58. The average molecular weight is 391 g/mol. The second-order valence-corrected chi connectivity index (χ2v) is 8.96. The van der Waals surface area contributed by atoms with Crippen molar-refractivity contribution in [2.75, 3.05) is 19.0 Å². The molecule has 1 unspecified atom stereocenters. The van der Waals surface area contributed by atoms with Gasteiger partial charge in [-0.15, -0.1) is 0 Å². The molecular formula is C20H23ClN2O2S. The van der Waals surface area contributed by atoms with E-state index in [-0.39, 0.29) is 5.75 Å². The molecule has 3 atom stereocenters. The molecule has 2 heterocycles. The van der Waals surface area contributed by atoms with Gasteiger partial charge in [-0.2, -0.15) is 0 Å². The van der Waals surface area contributed by atoms with E-state index in [2.05, 4.69) is 9.88 Å². The van der Waals surface area contributed by atoms with Crippen molar-refractivity contribution in [3.05, 3.63) is 53.2 Å². The molecule has 4 rings (SSSR count). The molecule has 2 fully saturated rings. The molecule has 1 saturated carbocycles. The lowest BCUT2D eigenvalue weighted by Gasteiger charge is -2.26. The highest BCUT2D eigenvalue weighted by Crippen LogP contribution is 2.46. The molecule has 1 aliphatic carbocycles. The lowest BCUT2D eigenvalue weighted by Crippen LogP contribution is -2.32. The van der Waals surface area contributed by atoms with Gasteiger partial charge < -0.3 is 10.2 Å². The molecule has 1 aromatic carbocycles. The third-order valence-corrected chi connectivity index (χ3v) is 6.93. The number of benzene rings is 1. The van der Waals surface area contributed by atoms with Crippen LogP contribution in [0.3, 0.4) is 0 Å². The molecule has 4 nitrogen and oxygen atoms in total. The number of nitrogens with zero attached hydrogens (tertiary/aromatic N) is 2. The number of aromatic nitrogens is 1. The number of aromatic hydroxyl groups is 1. The summed E-state index contributed by atoms with van der Waals surface area (Å²) >= 11 is 7.97. The molecule has 0 amide bonds. The highest BCUT2D eigenvalue weighted by atomic mass is 35.5. The summed E-state index contributed by atoms with van der Waals surface area (Å²) < 4.78 is 0. The summed E-state index contributed by atoms with van der Waals surface area (Å²) in [5.41, 5.74) is 0.417. The number of aliphatic hydroxyl groups is 1. The zero-order valence-corrected chi connectivity index (χ0v) is 16.1. The van der Waals surface area contributed by atoms with Gasteiger partial charge in [-0.1, -0.05) is 41.6 Å². The first kappa shape index (κ1) is 18.1. The molecule has 26 heavy (non-hydrogen) atoms. The van der Waals surface area contributed by atoms with Gasteiger partial charge in [-0.3, -0.25) is 4.90 Å². The number of hydrogen-bond donors (Lipinski definition) is 2. The fourth-order valence-corrected chi connectivity index (χ4v) is 5.44. The lowest BCUT2D eigenvalue weighted by atomic mass is 9.91. The molecule has 0 radical (unpaired) electrons. The SMILES string of the molecule is Oc1ccc(SCN2C[C@@H]3CC(O)(Cc4ccccc4Cl)C[C@@H]3C2)nc1. The van der Waals surface area contributed by atoms with E-state index < -0.39 is 5.60 Å². The number of thioether (sulfide) groups is 1. The zero-order valence-electron chi connectivity index (χ0n) is 14.5. The van der Waals surface area contributed by atoms with Gasteiger partial charge in [0.1, 0.15) is 5.75 Å². The van der Waals surface area contributed by atoms with Gasteiger partial charge in [0.05, 0.1) is 22.7 Å². The van der Waals surface area contributed by atoms with Crippen molar-refractivity contribution < 1.29 is 10.2 Å². The van der Waals surface area contributed by atoms with Crippen molar-refractivity contribution in [3.8, 4) is 5.75 Å². The van der Waals surface area contributed by atoms with Crippen molar-refractivity contribution in [1.82, 2.24) is 9.88 Å². The van der Waals surface area contributed by atoms with Gasteiger partial charge in [-0.05, 0) is 48.4 Å². The maximum absolute atomic E-state index is 11.1. The quantitative estimate of drug-likeness (QED) is 0.760. The van der Waals surface area contributed by atoms with Crippen LogP contribution in [0, 0.1) is 11.8 Å². The van der Waals surface area contributed by atoms with Crippen LogP contribution in [0.2, 0.25) is 5.02 Å². The summed E-state index contributed by atoms with van der Waals surface area (Å²) in [4.78, 5) is 6.67. The molecule has 0 bridgehead atoms. The van der Waals surface area contributed by atoms with Crippen LogP contribution in [0.4, 0.5) is 0 Å². The first-order valence-electron chi connectivity index (χ1n) is 8.97. The average Bonchev–Trinajstić information content (AvgIpc) is 3.11. The maximum atomic E-state index is 11.1. The maximum Gasteiger partial charge on any atom is 0.133 e. The second kappa shape index (κ2) is 7.39. The van der Waals surface area contributed by atoms with Crippen molar-refractivity contribution in [2.45, 2.75) is 29.9 Å². The number of halogens is 1. The topological polar surface area (TPSA) is 56.6 Å². The Balaban J connectivity index is 1.31. The summed E-state index contributed by atoms with van der Waals surface area (Å²) in [5, 5.41) is 22.1. The lowest BCUT2D eigenvalue weighted by molar-refractivity contribution is 0.0362. The predicted molar refractivity (Wildman–Crippen MR) is 105 cm³/mol. The fraction of sp³-hybridized carbons (Fsp3) is 0.450. The summed E-state index contributed by atoms with van der Waals surface area (Å²) in [6.07, 6.45) is 3.82. The number of hydrogen-bond acceptors (Lipinski definition) is 5. The van der Waals surface area contributed by atoms with Crippen LogP contribution in [0.5, 0.6) is 5.75 Å². The Morgan fingerprint density at radius 3 is 2.54 bits per heavy atom. The number of pyridine rings is 1. The molecule has 1 saturated heterocycles. The Bertz CT molecular complexity index is 757. The molecule has 1 aliphatic heterocycles. The molecule has 6 heteroatoms. The normalized spacial score (nSPS) is 28.4. The van der Waals surface area contributed by atoms with Gasteiger partial charge in [0.25, 0.3) is 0 Å². The molecule has 2 aromatic rings. The minimum absolute atomic E-state index is 0.197. The standard InChI is InChI=1S/C20H23ClN2O2S/c21-18-4-2-1-3-14(18)7-20(25)8-15-11-23(12-16(15)9-20)13-26-19-6-5-17(24)10-22-19/h1-6,10,15-16,24-25H,7-9,11-13H2/t15-,16+,20?. The van der Waals surface area contributed by atoms with Crippen LogP contribution < -0.4 is 0 Å². The third kappa shape index (κ3) is 4.01. The minimum Gasteiger partial charge on any atom is -0.506 e. The minimum atomic E-state index is -0.627. The monoisotopic (exact) mass is 390 g/mol. The van der Waals surface area contributed by atoms with Crippen LogP contribution in [0.1, 0.15) is 18.4 Å². The Morgan fingerprint density at radius 2 is 1.88 bits per heavy atom. The Hall–Kier alpha value is -1.27. The summed E-state index contributed by atoms with van der Waals surface area (Å²) in [5.74, 6) is 2.20. The zero-order chi connectivity index (χ0) is 18.1. The number of fused-ring (bicyclic) bond motifs is 1. The van der Waals surface area contributed by atoms with Crippen LogP contribution >= 0.6 is 23.4 Å².